The molecule has 2 atom stereocenters. The smallest absolute Gasteiger partial charge is 0.310 e. The van der Waals surface area contributed by atoms with Crippen LogP contribution in [0.2, 0.25) is 0 Å². The Morgan fingerprint density at radius 3 is 2.59 bits per heavy atom. The molecule has 3 heteroatoms. The van der Waals surface area contributed by atoms with Crippen molar-refractivity contribution in [3.05, 3.63) is 0 Å². The van der Waals surface area contributed by atoms with Crippen LogP contribution in [-0.4, -0.2) is 24.7 Å². The molecule has 0 aliphatic heterocycles. The van der Waals surface area contributed by atoms with Crippen molar-refractivity contribution in [3.8, 4) is 0 Å². The number of carbonyl (C=O) groups is 1. The predicted octanol–water partition coefficient (Wildman–Crippen LogP) is 2.64. The Balaban J connectivity index is 1.83. The van der Waals surface area contributed by atoms with Crippen LogP contribution in [-0.2, 0) is 9.53 Å². The highest BCUT2D eigenvalue weighted by molar-refractivity contribution is 5.73. The minimum absolute atomic E-state index is 0.0123. The van der Waals surface area contributed by atoms with Gasteiger partial charge in [-0.3, -0.25) is 4.79 Å². The lowest BCUT2D eigenvalue weighted by Crippen LogP contribution is -2.43. The second-order valence-electron chi connectivity index (χ2n) is 5.40. The number of esters is 1. The van der Waals surface area contributed by atoms with Crippen LogP contribution in [0.5, 0.6) is 0 Å². The number of nitrogens with one attached hydrogen (secondary N) is 1. The van der Waals surface area contributed by atoms with Gasteiger partial charge in [0.2, 0.25) is 0 Å². The van der Waals surface area contributed by atoms with E-state index in [4.69, 9.17) is 4.74 Å². The van der Waals surface area contributed by atoms with Gasteiger partial charge in [0.05, 0.1) is 12.5 Å². The first-order valence-electron chi connectivity index (χ1n) is 7.24. The van der Waals surface area contributed by atoms with Crippen molar-refractivity contribution in [2.24, 2.45) is 5.92 Å². The molecule has 1 N–H and O–H groups in total. The van der Waals surface area contributed by atoms with Gasteiger partial charge in [-0.25, -0.2) is 0 Å². The molecule has 0 saturated heterocycles. The fourth-order valence-corrected chi connectivity index (χ4v) is 3.26. The van der Waals surface area contributed by atoms with Crippen molar-refractivity contribution >= 4 is 5.97 Å². The molecule has 0 spiro atoms. The van der Waals surface area contributed by atoms with Crippen LogP contribution < -0.4 is 5.32 Å². The van der Waals surface area contributed by atoms with Crippen LogP contribution >= 0.6 is 0 Å². The molecule has 3 nitrogen and oxygen atoms in total. The molecule has 0 aromatic carbocycles. The average Bonchev–Trinajstić information content (AvgIpc) is 2.79. The third-order valence-corrected chi connectivity index (χ3v) is 4.16. The van der Waals surface area contributed by atoms with Crippen molar-refractivity contribution in [2.75, 3.05) is 6.61 Å². The zero-order valence-electron chi connectivity index (χ0n) is 10.9. The molecular weight excluding hydrogens is 214 g/mol. The summed E-state index contributed by atoms with van der Waals surface area (Å²) in [5, 5.41) is 3.71. The SMILES string of the molecule is CCOC(=O)C1CCCC1NC1CCCCC1. The van der Waals surface area contributed by atoms with E-state index in [-0.39, 0.29) is 11.9 Å². The van der Waals surface area contributed by atoms with E-state index >= 15 is 0 Å². The lowest BCUT2D eigenvalue weighted by atomic mass is 9.93. The third kappa shape index (κ3) is 3.44. The van der Waals surface area contributed by atoms with E-state index in [9.17, 15) is 4.79 Å². The monoisotopic (exact) mass is 239 g/mol. The molecule has 0 radical (unpaired) electrons. The Bertz CT molecular complexity index is 249. The Morgan fingerprint density at radius 2 is 1.88 bits per heavy atom. The predicted molar refractivity (Wildman–Crippen MR) is 67.8 cm³/mol. The summed E-state index contributed by atoms with van der Waals surface area (Å²) in [5.74, 6) is 0.121. The number of hydrogen-bond acceptors (Lipinski definition) is 3. The van der Waals surface area contributed by atoms with Gasteiger partial charge in [0.15, 0.2) is 0 Å². The van der Waals surface area contributed by atoms with Crippen LogP contribution in [0, 0.1) is 5.92 Å². The Kier molecular flexibility index (Phi) is 4.84. The maximum absolute atomic E-state index is 11.8. The summed E-state index contributed by atoms with van der Waals surface area (Å²) < 4.78 is 5.17. The minimum Gasteiger partial charge on any atom is -0.466 e. The van der Waals surface area contributed by atoms with E-state index in [1.165, 1.54) is 32.1 Å². The van der Waals surface area contributed by atoms with Gasteiger partial charge in [-0.1, -0.05) is 25.7 Å². The summed E-state index contributed by atoms with van der Waals surface area (Å²) >= 11 is 0. The van der Waals surface area contributed by atoms with Gasteiger partial charge in [-0.2, -0.15) is 0 Å². The van der Waals surface area contributed by atoms with Gasteiger partial charge in [-0.05, 0) is 32.6 Å². The van der Waals surface area contributed by atoms with Crippen LogP contribution in [0.3, 0.4) is 0 Å². The van der Waals surface area contributed by atoms with Crippen molar-refractivity contribution in [1.29, 1.82) is 0 Å². The van der Waals surface area contributed by atoms with Gasteiger partial charge < -0.3 is 10.1 Å². The molecule has 2 unspecified atom stereocenters. The summed E-state index contributed by atoms with van der Waals surface area (Å²) in [6.45, 7) is 2.39. The van der Waals surface area contributed by atoms with Gasteiger partial charge in [0.1, 0.15) is 0 Å². The third-order valence-electron chi connectivity index (χ3n) is 4.16. The van der Waals surface area contributed by atoms with Gasteiger partial charge in [0.25, 0.3) is 0 Å². The second kappa shape index (κ2) is 6.39. The van der Waals surface area contributed by atoms with Gasteiger partial charge >= 0.3 is 5.97 Å². The van der Waals surface area contributed by atoms with Gasteiger partial charge in [-0.15, -0.1) is 0 Å². The molecule has 0 aromatic rings. The summed E-state index contributed by atoms with van der Waals surface area (Å²) in [6, 6.07) is 1.01. The first kappa shape index (κ1) is 12.9. The number of carbonyl (C=O) groups excluding carboxylic acids is 1. The molecule has 0 bridgehead atoms. The maximum Gasteiger partial charge on any atom is 0.310 e. The Morgan fingerprint density at radius 1 is 1.12 bits per heavy atom. The number of rotatable bonds is 4. The largest absolute Gasteiger partial charge is 0.466 e. The first-order chi connectivity index (χ1) is 8.31. The number of ether oxygens (including phenoxy) is 1. The standard InChI is InChI=1S/C14H25NO2/c1-2-17-14(16)12-9-6-10-13(12)15-11-7-4-3-5-8-11/h11-13,15H,2-10H2,1H3. The molecule has 2 rings (SSSR count). The molecule has 0 amide bonds. The summed E-state index contributed by atoms with van der Waals surface area (Å²) in [7, 11) is 0. The van der Waals surface area contributed by atoms with Crippen molar-refractivity contribution < 1.29 is 9.53 Å². The van der Waals surface area contributed by atoms with E-state index in [2.05, 4.69) is 5.32 Å². The lowest BCUT2D eigenvalue weighted by molar-refractivity contribution is -0.148. The van der Waals surface area contributed by atoms with E-state index in [0.717, 1.165) is 19.3 Å². The molecule has 17 heavy (non-hydrogen) atoms. The maximum atomic E-state index is 11.8. The summed E-state index contributed by atoms with van der Waals surface area (Å²) in [5.41, 5.74) is 0. The van der Waals surface area contributed by atoms with Crippen molar-refractivity contribution in [3.63, 3.8) is 0 Å². The van der Waals surface area contributed by atoms with Crippen molar-refractivity contribution in [2.45, 2.75) is 70.4 Å². The first-order valence-corrected chi connectivity index (χ1v) is 7.24. The summed E-state index contributed by atoms with van der Waals surface area (Å²) in [4.78, 5) is 11.8. The van der Waals surface area contributed by atoms with E-state index in [0.29, 0.717) is 18.7 Å². The molecule has 0 heterocycles. The molecular formula is C14H25NO2. The van der Waals surface area contributed by atoms with Crippen LogP contribution in [0.25, 0.3) is 0 Å². The normalized spacial score (nSPS) is 30.4. The quantitative estimate of drug-likeness (QED) is 0.766. The van der Waals surface area contributed by atoms with E-state index in [1.807, 2.05) is 6.92 Å². The fourth-order valence-electron chi connectivity index (χ4n) is 3.26. The minimum atomic E-state index is 0.0123. The molecule has 0 aromatic heterocycles. The van der Waals surface area contributed by atoms with Gasteiger partial charge in [0, 0.05) is 12.1 Å². The fraction of sp³-hybridized carbons (Fsp3) is 0.929. The zero-order chi connectivity index (χ0) is 12.1. The zero-order valence-corrected chi connectivity index (χ0v) is 10.9. The second-order valence-corrected chi connectivity index (χ2v) is 5.40. The highest BCUT2D eigenvalue weighted by Crippen LogP contribution is 2.29. The van der Waals surface area contributed by atoms with E-state index in [1.54, 1.807) is 0 Å². The highest BCUT2D eigenvalue weighted by atomic mass is 16.5. The highest BCUT2D eigenvalue weighted by Gasteiger charge is 2.35. The van der Waals surface area contributed by atoms with Crippen LogP contribution in [0.4, 0.5) is 0 Å². The van der Waals surface area contributed by atoms with Crippen molar-refractivity contribution in [1.82, 2.24) is 5.32 Å². The van der Waals surface area contributed by atoms with Crippen LogP contribution in [0.1, 0.15) is 58.3 Å². The van der Waals surface area contributed by atoms with E-state index < -0.39 is 0 Å². The molecule has 2 aliphatic carbocycles. The number of hydrogen-bond donors (Lipinski definition) is 1. The summed E-state index contributed by atoms with van der Waals surface area (Å²) in [6.07, 6.45) is 9.93. The molecule has 2 fully saturated rings. The molecule has 2 aliphatic rings. The van der Waals surface area contributed by atoms with Crippen LogP contribution in [0.15, 0.2) is 0 Å². The lowest BCUT2D eigenvalue weighted by Gasteiger charge is -2.28. The molecule has 98 valence electrons. The topological polar surface area (TPSA) is 38.3 Å². The molecule has 2 saturated carbocycles. The Labute approximate surface area is 104 Å². The average molecular weight is 239 g/mol. The Hall–Kier alpha value is -0.570.